The van der Waals surface area contributed by atoms with Crippen molar-refractivity contribution in [1.82, 2.24) is 4.57 Å². The predicted molar refractivity (Wildman–Crippen MR) is 54.6 cm³/mol. The Morgan fingerprint density at radius 2 is 1.92 bits per heavy atom. The molecule has 2 unspecified atom stereocenters. The van der Waals surface area contributed by atoms with Crippen LogP contribution in [0.3, 0.4) is 0 Å². The van der Waals surface area contributed by atoms with Gasteiger partial charge in [-0.05, 0) is 38.3 Å². The molecular weight excluding hydrogens is 160 g/mol. The van der Waals surface area contributed by atoms with Gasteiger partial charge in [0, 0.05) is 23.5 Å². The van der Waals surface area contributed by atoms with E-state index in [1.807, 2.05) is 0 Å². The van der Waals surface area contributed by atoms with Gasteiger partial charge in [-0.15, -0.1) is 0 Å². The first-order valence-corrected chi connectivity index (χ1v) is 4.94. The molecular formula is C11H18N2. The van der Waals surface area contributed by atoms with Crippen LogP contribution >= 0.6 is 0 Å². The van der Waals surface area contributed by atoms with E-state index in [4.69, 9.17) is 5.73 Å². The van der Waals surface area contributed by atoms with E-state index >= 15 is 0 Å². The van der Waals surface area contributed by atoms with Crippen LogP contribution in [0.4, 0.5) is 0 Å². The molecule has 2 N–H and O–H groups in total. The summed E-state index contributed by atoms with van der Waals surface area (Å²) in [7, 11) is 0. The van der Waals surface area contributed by atoms with Crippen LogP contribution in [0.2, 0.25) is 0 Å². The minimum Gasteiger partial charge on any atom is -0.347 e. The Labute approximate surface area is 79.7 Å². The number of hydrogen-bond acceptors (Lipinski definition) is 1. The topological polar surface area (TPSA) is 30.9 Å². The second-order valence-electron chi connectivity index (χ2n) is 4.54. The fourth-order valence-electron chi connectivity index (χ4n) is 1.97. The zero-order valence-corrected chi connectivity index (χ0v) is 8.67. The molecule has 1 aromatic rings. The molecule has 0 aliphatic heterocycles. The van der Waals surface area contributed by atoms with Gasteiger partial charge in [0.05, 0.1) is 0 Å². The minimum absolute atomic E-state index is 0.0779. The lowest BCUT2D eigenvalue weighted by Gasteiger charge is -2.15. The predicted octanol–water partition coefficient (Wildman–Crippen LogP) is 1.84. The molecule has 1 aliphatic rings. The molecule has 2 nitrogen and oxygen atoms in total. The van der Waals surface area contributed by atoms with Gasteiger partial charge in [0.1, 0.15) is 0 Å². The Morgan fingerprint density at radius 1 is 1.46 bits per heavy atom. The van der Waals surface area contributed by atoms with Crippen LogP contribution in [0.5, 0.6) is 0 Å². The molecule has 2 atom stereocenters. The average molecular weight is 178 g/mol. The van der Waals surface area contributed by atoms with E-state index in [9.17, 15) is 0 Å². The van der Waals surface area contributed by atoms with Crippen molar-refractivity contribution in [2.75, 3.05) is 0 Å². The molecule has 1 saturated carbocycles. The van der Waals surface area contributed by atoms with Crippen molar-refractivity contribution in [3.8, 4) is 0 Å². The normalized spacial score (nSPS) is 32.2. The van der Waals surface area contributed by atoms with Crippen LogP contribution < -0.4 is 5.73 Å². The zero-order valence-electron chi connectivity index (χ0n) is 8.67. The molecule has 0 radical (unpaired) electrons. The maximum atomic E-state index is 6.20. The van der Waals surface area contributed by atoms with Gasteiger partial charge in [-0.3, -0.25) is 0 Å². The molecule has 0 aromatic carbocycles. The summed E-state index contributed by atoms with van der Waals surface area (Å²) in [5, 5.41) is 0. The maximum Gasteiger partial charge on any atom is 0.0407 e. The summed E-state index contributed by atoms with van der Waals surface area (Å²) >= 11 is 0. The summed E-state index contributed by atoms with van der Waals surface area (Å²) in [6, 6.07) is 4.32. The fourth-order valence-corrected chi connectivity index (χ4v) is 1.97. The number of aromatic nitrogens is 1. The molecule has 1 aromatic heterocycles. The molecule has 1 heterocycles. The third-order valence-electron chi connectivity index (χ3n) is 3.38. The van der Waals surface area contributed by atoms with Crippen molar-refractivity contribution in [3.63, 3.8) is 0 Å². The Hall–Kier alpha value is -0.760. The van der Waals surface area contributed by atoms with Gasteiger partial charge < -0.3 is 10.3 Å². The van der Waals surface area contributed by atoms with Crippen LogP contribution in [0.15, 0.2) is 12.1 Å². The average Bonchev–Trinajstić information content (AvgIpc) is 2.54. The van der Waals surface area contributed by atoms with Gasteiger partial charge in [-0.1, -0.05) is 6.92 Å². The van der Waals surface area contributed by atoms with Crippen molar-refractivity contribution in [2.24, 2.45) is 11.7 Å². The molecule has 2 rings (SSSR count). The summed E-state index contributed by atoms with van der Waals surface area (Å²) in [4.78, 5) is 0. The Bertz CT molecular complexity index is 307. The number of nitrogens with zero attached hydrogens (tertiary/aromatic N) is 1. The first kappa shape index (κ1) is 8.82. The molecule has 1 aliphatic carbocycles. The number of nitrogens with two attached hydrogens (primary N) is 1. The first-order chi connectivity index (χ1) is 6.03. The lowest BCUT2D eigenvalue weighted by molar-refractivity contribution is 0.497. The number of rotatable bonds is 2. The molecule has 2 heteroatoms. The summed E-state index contributed by atoms with van der Waals surface area (Å²) in [6.07, 6.45) is 1.17. The van der Waals surface area contributed by atoms with Crippen LogP contribution in [-0.4, -0.2) is 10.1 Å². The second-order valence-corrected chi connectivity index (χ2v) is 4.54. The lowest BCUT2D eigenvalue weighted by Crippen LogP contribution is -2.31. The van der Waals surface area contributed by atoms with E-state index in [-0.39, 0.29) is 5.54 Å². The van der Waals surface area contributed by atoms with Gasteiger partial charge in [0.2, 0.25) is 0 Å². The third-order valence-corrected chi connectivity index (χ3v) is 3.38. The van der Waals surface area contributed by atoms with Crippen molar-refractivity contribution in [1.29, 1.82) is 0 Å². The number of aryl methyl sites for hydroxylation is 2. The van der Waals surface area contributed by atoms with Crippen molar-refractivity contribution in [2.45, 2.75) is 39.3 Å². The first-order valence-electron chi connectivity index (χ1n) is 4.94. The zero-order chi connectivity index (χ0) is 9.64. The van der Waals surface area contributed by atoms with E-state index < -0.39 is 0 Å². The molecule has 72 valence electrons. The van der Waals surface area contributed by atoms with Crippen molar-refractivity contribution in [3.05, 3.63) is 23.5 Å². The second kappa shape index (κ2) is 2.61. The summed E-state index contributed by atoms with van der Waals surface area (Å²) in [5.41, 5.74) is 8.92. The Balaban J connectivity index is 2.18. The van der Waals surface area contributed by atoms with Crippen molar-refractivity contribution >= 4 is 0 Å². The highest BCUT2D eigenvalue weighted by molar-refractivity contribution is 5.17. The van der Waals surface area contributed by atoms with Gasteiger partial charge in [0.15, 0.2) is 0 Å². The largest absolute Gasteiger partial charge is 0.347 e. The van der Waals surface area contributed by atoms with E-state index in [0.29, 0.717) is 5.92 Å². The van der Waals surface area contributed by atoms with Crippen LogP contribution in [-0.2, 0) is 6.54 Å². The highest BCUT2D eigenvalue weighted by Gasteiger charge is 2.47. The minimum atomic E-state index is 0.0779. The van der Waals surface area contributed by atoms with Crippen molar-refractivity contribution < 1.29 is 0 Å². The van der Waals surface area contributed by atoms with E-state index in [1.165, 1.54) is 17.8 Å². The molecule has 1 fully saturated rings. The standard InChI is InChI=1S/C11H18N2/c1-8-6-11(8,12)7-13-9(2)4-5-10(13)3/h4-5,8H,6-7,12H2,1-3H3. The SMILES string of the molecule is Cc1ccc(C)n1CC1(N)CC1C. The highest BCUT2D eigenvalue weighted by Crippen LogP contribution is 2.42. The molecule has 0 spiro atoms. The summed E-state index contributed by atoms with van der Waals surface area (Å²) in [6.45, 7) is 7.50. The summed E-state index contributed by atoms with van der Waals surface area (Å²) in [5.74, 6) is 0.689. The summed E-state index contributed by atoms with van der Waals surface area (Å²) < 4.78 is 2.32. The maximum absolute atomic E-state index is 6.20. The van der Waals surface area contributed by atoms with Gasteiger partial charge >= 0.3 is 0 Å². The Morgan fingerprint density at radius 3 is 2.31 bits per heavy atom. The van der Waals surface area contributed by atoms with Gasteiger partial charge in [-0.2, -0.15) is 0 Å². The van der Waals surface area contributed by atoms with Crippen LogP contribution in [0, 0.1) is 19.8 Å². The molecule has 0 amide bonds. The van der Waals surface area contributed by atoms with E-state index in [1.54, 1.807) is 0 Å². The van der Waals surface area contributed by atoms with Crippen LogP contribution in [0.25, 0.3) is 0 Å². The van der Waals surface area contributed by atoms with E-state index in [0.717, 1.165) is 6.54 Å². The highest BCUT2D eigenvalue weighted by atomic mass is 15.1. The monoisotopic (exact) mass is 178 g/mol. The van der Waals surface area contributed by atoms with Gasteiger partial charge in [0.25, 0.3) is 0 Å². The van der Waals surface area contributed by atoms with E-state index in [2.05, 4.69) is 37.5 Å². The van der Waals surface area contributed by atoms with Crippen LogP contribution in [0.1, 0.15) is 24.7 Å². The molecule has 13 heavy (non-hydrogen) atoms. The molecule has 0 saturated heterocycles. The quantitative estimate of drug-likeness (QED) is 0.736. The van der Waals surface area contributed by atoms with Gasteiger partial charge in [-0.25, -0.2) is 0 Å². The number of hydrogen-bond donors (Lipinski definition) is 1. The Kier molecular flexibility index (Phi) is 1.77. The third kappa shape index (κ3) is 1.39. The molecule has 0 bridgehead atoms. The smallest absolute Gasteiger partial charge is 0.0407 e. The fraction of sp³-hybridized carbons (Fsp3) is 0.636. The lowest BCUT2D eigenvalue weighted by atomic mass is 10.2.